The normalized spacial score (nSPS) is 11.9. The van der Waals surface area contributed by atoms with E-state index in [0.717, 1.165) is 12.8 Å². The predicted octanol–water partition coefficient (Wildman–Crippen LogP) is 4.37. The van der Waals surface area contributed by atoms with Gasteiger partial charge in [-0.15, -0.1) is 0 Å². The fourth-order valence-electron chi connectivity index (χ4n) is 2.94. The first-order valence-electron chi connectivity index (χ1n) is 8.25. The number of amides is 2. The van der Waals surface area contributed by atoms with Crippen LogP contribution in [0.15, 0.2) is 24.3 Å². The van der Waals surface area contributed by atoms with E-state index in [9.17, 15) is 9.59 Å². The van der Waals surface area contributed by atoms with E-state index in [-0.39, 0.29) is 22.8 Å². The van der Waals surface area contributed by atoms with Gasteiger partial charge in [-0.1, -0.05) is 33.8 Å². The summed E-state index contributed by atoms with van der Waals surface area (Å²) >= 11 is 0. The summed E-state index contributed by atoms with van der Waals surface area (Å²) in [7, 11) is 0. The van der Waals surface area contributed by atoms with Gasteiger partial charge >= 0.3 is 0 Å². The molecule has 0 aliphatic rings. The molecule has 23 heavy (non-hydrogen) atoms. The first-order chi connectivity index (χ1) is 10.5. The molecule has 1 aromatic carbocycles. The van der Waals surface area contributed by atoms with E-state index in [1.807, 2.05) is 20.8 Å². The second-order valence-electron chi connectivity index (χ2n) is 7.95. The third-order valence-electron chi connectivity index (χ3n) is 3.31. The zero-order valence-corrected chi connectivity index (χ0v) is 15.2. The SMILES string of the molecule is CCCC(=O)Nc1cccc(C(=O)NC(C)(C)CC(C)(C)C)c1. The zero-order chi connectivity index (χ0) is 17.7. The maximum atomic E-state index is 12.5. The van der Waals surface area contributed by atoms with Crippen LogP contribution in [0, 0.1) is 5.41 Å². The van der Waals surface area contributed by atoms with E-state index in [0.29, 0.717) is 17.7 Å². The number of anilines is 1. The highest BCUT2D eigenvalue weighted by Gasteiger charge is 2.27. The quantitative estimate of drug-likeness (QED) is 0.818. The zero-order valence-electron chi connectivity index (χ0n) is 15.2. The molecule has 0 atom stereocenters. The summed E-state index contributed by atoms with van der Waals surface area (Å²) in [6.07, 6.45) is 2.15. The number of carbonyl (C=O) groups is 2. The summed E-state index contributed by atoms with van der Waals surface area (Å²) in [5.74, 6) is -0.149. The molecule has 0 unspecified atom stereocenters. The number of carbonyl (C=O) groups excluding carboxylic acids is 2. The van der Waals surface area contributed by atoms with Crippen LogP contribution in [0.1, 0.15) is 71.2 Å². The topological polar surface area (TPSA) is 58.2 Å². The van der Waals surface area contributed by atoms with Crippen LogP contribution < -0.4 is 10.6 Å². The number of benzene rings is 1. The van der Waals surface area contributed by atoms with Gasteiger partial charge in [0.1, 0.15) is 0 Å². The molecule has 0 saturated carbocycles. The summed E-state index contributed by atoms with van der Waals surface area (Å²) < 4.78 is 0. The Hall–Kier alpha value is -1.84. The number of hydrogen-bond acceptors (Lipinski definition) is 2. The molecular formula is C19H30N2O2. The van der Waals surface area contributed by atoms with E-state index < -0.39 is 0 Å². The second kappa shape index (κ2) is 7.62. The van der Waals surface area contributed by atoms with Crippen molar-refractivity contribution < 1.29 is 9.59 Å². The molecule has 1 rings (SSSR count). The smallest absolute Gasteiger partial charge is 0.251 e. The van der Waals surface area contributed by atoms with Gasteiger partial charge in [0.25, 0.3) is 5.91 Å². The Morgan fingerprint density at radius 1 is 1.09 bits per heavy atom. The van der Waals surface area contributed by atoms with E-state index in [1.54, 1.807) is 24.3 Å². The van der Waals surface area contributed by atoms with Gasteiger partial charge in [0.15, 0.2) is 0 Å². The van der Waals surface area contributed by atoms with Crippen molar-refractivity contribution in [3.05, 3.63) is 29.8 Å². The molecule has 1 aromatic rings. The lowest BCUT2D eigenvalue weighted by molar-refractivity contribution is -0.116. The van der Waals surface area contributed by atoms with Crippen molar-refractivity contribution in [2.45, 2.75) is 66.3 Å². The van der Waals surface area contributed by atoms with Crippen LogP contribution in [0.5, 0.6) is 0 Å². The lowest BCUT2D eigenvalue weighted by Crippen LogP contribution is -2.45. The molecule has 128 valence electrons. The first-order valence-corrected chi connectivity index (χ1v) is 8.25. The fraction of sp³-hybridized carbons (Fsp3) is 0.579. The van der Waals surface area contributed by atoms with Crippen LogP contribution in [0.4, 0.5) is 5.69 Å². The molecule has 0 fully saturated rings. The fourth-order valence-corrected chi connectivity index (χ4v) is 2.94. The van der Waals surface area contributed by atoms with Crippen molar-refractivity contribution in [3.8, 4) is 0 Å². The minimum Gasteiger partial charge on any atom is -0.347 e. The van der Waals surface area contributed by atoms with E-state index in [4.69, 9.17) is 0 Å². The molecule has 4 nitrogen and oxygen atoms in total. The highest BCUT2D eigenvalue weighted by Crippen LogP contribution is 2.27. The van der Waals surface area contributed by atoms with Crippen LogP contribution in [-0.2, 0) is 4.79 Å². The van der Waals surface area contributed by atoms with Gasteiger partial charge in [-0.3, -0.25) is 9.59 Å². The van der Waals surface area contributed by atoms with Crippen LogP contribution >= 0.6 is 0 Å². The predicted molar refractivity (Wildman–Crippen MR) is 95.6 cm³/mol. The van der Waals surface area contributed by atoms with Crippen molar-refractivity contribution in [1.82, 2.24) is 5.32 Å². The minimum absolute atomic E-state index is 0.0295. The summed E-state index contributed by atoms with van der Waals surface area (Å²) in [5.41, 5.74) is 1.05. The van der Waals surface area contributed by atoms with Gasteiger partial charge in [-0.25, -0.2) is 0 Å². The molecule has 0 spiro atoms. The molecule has 2 N–H and O–H groups in total. The summed E-state index contributed by atoms with van der Waals surface area (Å²) in [6, 6.07) is 7.06. The second-order valence-corrected chi connectivity index (χ2v) is 7.95. The highest BCUT2D eigenvalue weighted by atomic mass is 16.2. The Morgan fingerprint density at radius 2 is 1.74 bits per heavy atom. The lowest BCUT2D eigenvalue weighted by atomic mass is 9.81. The molecule has 0 aliphatic heterocycles. The highest BCUT2D eigenvalue weighted by molar-refractivity contribution is 5.97. The molecule has 0 aromatic heterocycles. The van der Waals surface area contributed by atoms with E-state index in [2.05, 4.69) is 31.4 Å². The number of rotatable bonds is 6. The summed E-state index contributed by atoms with van der Waals surface area (Å²) in [4.78, 5) is 24.2. The van der Waals surface area contributed by atoms with Crippen molar-refractivity contribution in [3.63, 3.8) is 0 Å². The van der Waals surface area contributed by atoms with Gasteiger partial charge in [-0.05, 0) is 50.3 Å². The Kier molecular flexibility index (Phi) is 6.37. The van der Waals surface area contributed by atoms with E-state index in [1.165, 1.54) is 0 Å². The molecule has 4 heteroatoms. The third kappa shape index (κ3) is 7.31. The van der Waals surface area contributed by atoms with Crippen LogP contribution in [0.3, 0.4) is 0 Å². The standard InChI is InChI=1S/C19H30N2O2/c1-7-9-16(22)20-15-11-8-10-14(12-15)17(23)21-19(5,6)13-18(2,3)4/h8,10-12H,7,9,13H2,1-6H3,(H,20,22)(H,21,23). The summed E-state index contributed by atoms with van der Waals surface area (Å²) in [5, 5.41) is 5.90. The van der Waals surface area contributed by atoms with Crippen LogP contribution in [0.2, 0.25) is 0 Å². The number of hydrogen-bond donors (Lipinski definition) is 2. The van der Waals surface area contributed by atoms with E-state index >= 15 is 0 Å². The largest absolute Gasteiger partial charge is 0.347 e. The van der Waals surface area contributed by atoms with Gasteiger partial charge in [0.05, 0.1) is 0 Å². The van der Waals surface area contributed by atoms with Crippen molar-refractivity contribution in [2.24, 2.45) is 5.41 Å². The Morgan fingerprint density at radius 3 is 2.30 bits per heavy atom. The van der Waals surface area contributed by atoms with Crippen LogP contribution in [0.25, 0.3) is 0 Å². The molecule has 2 amide bonds. The monoisotopic (exact) mass is 318 g/mol. The lowest BCUT2D eigenvalue weighted by Gasteiger charge is -2.33. The Bertz CT molecular complexity index is 557. The molecule has 0 heterocycles. The minimum atomic E-state index is -0.295. The first kappa shape index (κ1) is 19.2. The average molecular weight is 318 g/mol. The van der Waals surface area contributed by atoms with Crippen molar-refractivity contribution in [2.75, 3.05) is 5.32 Å². The van der Waals surface area contributed by atoms with Gasteiger partial charge in [0, 0.05) is 23.2 Å². The maximum Gasteiger partial charge on any atom is 0.251 e. The molecule has 0 radical (unpaired) electrons. The van der Waals surface area contributed by atoms with Gasteiger partial charge in [-0.2, -0.15) is 0 Å². The average Bonchev–Trinajstić information content (AvgIpc) is 2.35. The van der Waals surface area contributed by atoms with Gasteiger partial charge in [0.2, 0.25) is 5.91 Å². The third-order valence-corrected chi connectivity index (χ3v) is 3.31. The summed E-state index contributed by atoms with van der Waals surface area (Å²) in [6.45, 7) is 12.5. The molecule has 0 aliphatic carbocycles. The number of nitrogens with one attached hydrogen (secondary N) is 2. The van der Waals surface area contributed by atoms with Crippen molar-refractivity contribution in [1.29, 1.82) is 0 Å². The van der Waals surface area contributed by atoms with Gasteiger partial charge < -0.3 is 10.6 Å². The maximum absolute atomic E-state index is 12.5. The Labute approximate surface area is 140 Å². The molecule has 0 saturated heterocycles. The van der Waals surface area contributed by atoms with Crippen LogP contribution in [-0.4, -0.2) is 17.4 Å². The molecule has 0 bridgehead atoms. The molecular weight excluding hydrogens is 288 g/mol. The van der Waals surface area contributed by atoms with Crippen molar-refractivity contribution >= 4 is 17.5 Å². The Balaban J connectivity index is 2.79.